The predicted molar refractivity (Wildman–Crippen MR) is 123 cm³/mol. The van der Waals surface area contributed by atoms with E-state index in [0.717, 1.165) is 42.5 Å². The largest absolute Gasteiger partial charge is 0.500 e. The molecule has 0 unspecified atom stereocenters. The first-order valence-corrected chi connectivity index (χ1v) is 10.4. The van der Waals surface area contributed by atoms with Gasteiger partial charge in [0, 0.05) is 36.7 Å². The number of nitrogens with one attached hydrogen (secondary N) is 2. The van der Waals surface area contributed by atoms with E-state index < -0.39 is 5.30 Å². The topological polar surface area (TPSA) is 102 Å². The molecule has 0 spiro atoms. The lowest BCUT2D eigenvalue weighted by Crippen LogP contribution is -2.38. The van der Waals surface area contributed by atoms with Crippen LogP contribution in [0, 0.1) is 0 Å². The molecule has 4 heterocycles. The van der Waals surface area contributed by atoms with Gasteiger partial charge in [-0.25, -0.2) is 9.50 Å². The van der Waals surface area contributed by atoms with Gasteiger partial charge in [-0.05, 0) is 43.1 Å². The highest BCUT2D eigenvalue weighted by Gasteiger charge is 2.24. The average molecular weight is 423 g/mol. The monoisotopic (exact) mass is 423 g/mol. The second-order valence-corrected chi connectivity index (χ2v) is 8.07. The van der Waals surface area contributed by atoms with Crippen LogP contribution < -0.4 is 10.1 Å². The Bertz CT molecular complexity index is 1250. The summed E-state index contributed by atoms with van der Waals surface area (Å²) in [5.41, 5.74) is 2.96. The number of pyridine rings is 1. The number of nitrogens with zero attached hydrogens (tertiary/aromatic N) is 5. The maximum Gasteiger partial charge on any atom is 0.228 e. The first-order chi connectivity index (χ1) is 15.4. The standard InChI is InChI=1S/C20H20B3N7O2/c1-31-13-5-3-12(4-6-13)27-19-28-17-16(18(29-19)32-20(21,22)23)14(8-24-17)11-2-7-15-25-10-26-30(15)9-11/h2,7-10,12-13H,3-6H2,1H3,(H2,24,27,28,29). The molecule has 0 aliphatic heterocycles. The van der Waals surface area contributed by atoms with E-state index in [9.17, 15) is 0 Å². The minimum absolute atomic E-state index is 0.186. The van der Waals surface area contributed by atoms with Gasteiger partial charge >= 0.3 is 0 Å². The molecule has 12 heteroatoms. The SMILES string of the molecule is [B]C([B])([B])Oc1nc(NC2CCC(OC)CC2)nc2[nH]cc(-c3ccc4ncnn4c3)c12. The number of fused-ring (bicyclic) bond motifs is 2. The first-order valence-electron chi connectivity index (χ1n) is 10.4. The van der Waals surface area contributed by atoms with Gasteiger partial charge < -0.3 is 19.8 Å². The molecule has 1 aliphatic rings. The molecule has 156 valence electrons. The Morgan fingerprint density at radius 3 is 2.72 bits per heavy atom. The minimum Gasteiger partial charge on any atom is -0.500 e. The summed E-state index contributed by atoms with van der Waals surface area (Å²) in [6.07, 6.45) is 9.35. The smallest absolute Gasteiger partial charge is 0.228 e. The molecule has 2 N–H and O–H groups in total. The highest BCUT2D eigenvalue weighted by Crippen LogP contribution is 2.35. The van der Waals surface area contributed by atoms with Crippen molar-refractivity contribution >= 4 is 46.2 Å². The van der Waals surface area contributed by atoms with Crippen LogP contribution >= 0.6 is 0 Å². The van der Waals surface area contributed by atoms with E-state index in [-0.39, 0.29) is 11.9 Å². The van der Waals surface area contributed by atoms with E-state index in [1.165, 1.54) is 6.33 Å². The van der Waals surface area contributed by atoms with Crippen molar-refractivity contribution in [2.75, 3.05) is 12.4 Å². The Balaban J connectivity index is 1.53. The Hall–Kier alpha value is -3.01. The maximum atomic E-state index is 5.75. The first kappa shape index (κ1) is 20.9. The third kappa shape index (κ3) is 4.19. The van der Waals surface area contributed by atoms with E-state index in [4.69, 9.17) is 33.0 Å². The molecule has 9 nitrogen and oxygen atoms in total. The number of anilines is 1. The van der Waals surface area contributed by atoms with Crippen LogP contribution in [-0.4, -0.2) is 77.6 Å². The van der Waals surface area contributed by atoms with Crippen molar-refractivity contribution in [1.82, 2.24) is 29.5 Å². The number of hydrogen-bond acceptors (Lipinski definition) is 7. The van der Waals surface area contributed by atoms with Gasteiger partial charge in [-0.15, -0.1) is 0 Å². The maximum absolute atomic E-state index is 5.75. The lowest BCUT2D eigenvalue weighted by Gasteiger charge is -2.28. The van der Waals surface area contributed by atoms with E-state index in [2.05, 4.69) is 30.4 Å². The number of methoxy groups -OCH3 is 1. The van der Waals surface area contributed by atoms with E-state index in [0.29, 0.717) is 23.1 Å². The molecule has 0 atom stereocenters. The molecule has 6 radical (unpaired) electrons. The van der Waals surface area contributed by atoms with Gasteiger partial charge in [0.25, 0.3) is 0 Å². The third-order valence-electron chi connectivity index (χ3n) is 5.70. The molecular formula is C20H20B3N7O2. The number of aromatic amines is 1. The Kier molecular flexibility index (Phi) is 5.32. The van der Waals surface area contributed by atoms with Crippen LogP contribution in [0.1, 0.15) is 25.7 Å². The summed E-state index contributed by atoms with van der Waals surface area (Å²) in [5.74, 6) is 0.600. The molecule has 1 fully saturated rings. The van der Waals surface area contributed by atoms with Crippen LogP contribution in [0.25, 0.3) is 27.8 Å². The molecule has 32 heavy (non-hydrogen) atoms. The van der Waals surface area contributed by atoms with Gasteiger partial charge in [-0.3, -0.25) is 0 Å². The third-order valence-corrected chi connectivity index (χ3v) is 5.70. The van der Waals surface area contributed by atoms with Gasteiger partial charge in [0.2, 0.25) is 11.8 Å². The summed E-state index contributed by atoms with van der Waals surface area (Å²) in [7, 11) is 19.0. The minimum atomic E-state index is -1.90. The fraction of sp³-hybridized carbons (Fsp3) is 0.400. The average Bonchev–Trinajstić information content (AvgIpc) is 3.39. The fourth-order valence-electron chi connectivity index (χ4n) is 4.14. The second kappa shape index (κ2) is 8.16. The normalized spacial score (nSPS) is 19.4. The van der Waals surface area contributed by atoms with E-state index >= 15 is 0 Å². The van der Waals surface area contributed by atoms with E-state index in [1.54, 1.807) is 11.6 Å². The Labute approximate surface area is 188 Å². The molecule has 5 rings (SSSR count). The molecule has 0 bridgehead atoms. The molecule has 1 aliphatic carbocycles. The van der Waals surface area contributed by atoms with Gasteiger partial charge in [-0.2, -0.15) is 15.1 Å². The molecule has 4 aromatic rings. The zero-order valence-corrected chi connectivity index (χ0v) is 17.7. The molecule has 0 saturated heterocycles. The van der Waals surface area contributed by atoms with Gasteiger partial charge in [0.1, 0.15) is 35.5 Å². The Morgan fingerprint density at radius 2 is 1.97 bits per heavy atom. The predicted octanol–water partition coefficient (Wildman–Crippen LogP) is 1.53. The van der Waals surface area contributed by atoms with Crippen LogP contribution in [0.2, 0.25) is 0 Å². The van der Waals surface area contributed by atoms with Gasteiger partial charge in [-0.1, -0.05) is 0 Å². The highest BCUT2D eigenvalue weighted by atomic mass is 16.5. The van der Waals surface area contributed by atoms with Crippen molar-refractivity contribution in [2.45, 2.75) is 43.1 Å². The summed E-state index contributed by atoms with van der Waals surface area (Å²) in [6.45, 7) is 0. The lowest BCUT2D eigenvalue weighted by atomic mass is 9.52. The number of hydrogen-bond donors (Lipinski definition) is 2. The van der Waals surface area contributed by atoms with Crippen LogP contribution in [0.4, 0.5) is 5.95 Å². The number of rotatable bonds is 6. The molecule has 0 aromatic carbocycles. The van der Waals surface area contributed by atoms with Crippen LogP contribution in [-0.2, 0) is 4.74 Å². The van der Waals surface area contributed by atoms with Crippen molar-refractivity contribution in [1.29, 1.82) is 0 Å². The van der Waals surface area contributed by atoms with Crippen molar-refractivity contribution in [3.05, 3.63) is 30.9 Å². The van der Waals surface area contributed by atoms with Crippen molar-refractivity contribution in [3.63, 3.8) is 0 Å². The van der Waals surface area contributed by atoms with Gasteiger partial charge in [0.05, 0.1) is 11.5 Å². The second-order valence-electron chi connectivity index (χ2n) is 8.07. The van der Waals surface area contributed by atoms with Crippen molar-refractivity contribution < 1.29 is 9.47 Å². The molecule has 0 amide bonds. The molecule has 4 aromatic heterocycles. The van der Waals surface area contributed by atoms with Gasteiger partial charge in [0.15, 0.2) is 5.65 Å². The molecule has 1 saturated carbocycles. The number of aromatic nitrogens is 6. The summed E-state index contributed by atoms with van der Waals surface area (Å²) < 4.78 is 12.8. The quantitative estimate of drug-likeness (QED) is 0.454. The zero-order chi connectivity index (χ0) is 22.3. The van der Waals surface area contributed by atoms with Crippen molar-refractivity contribution in [3.8, 4) is 17.0 Å². The van der Waals surface area contributed by atoms with Crippen molar-refractivity contribution in [2.24, 2.45) is 0 Å². The fourth-order valence-corrected chi connectivity index (χ4v) is 4.14. The molecular weight excluding hydrogens is 403 g/mol. The summed E-state index contributed by atoms with van der Waals surface area (Å²) in [5, 5.41) is 6.30. The summed E-state index contributed by atoms with van der Waals surface area (Å²) in [6, 6.07) is 4.03. The summed E-state index contributed by atoms with van der Waals surface area (Å²) in [4.78, 5) is 16.6. The zero-order valence-electron chi connectivity index (χ0n) is 17.7. The highest BCUT2D eigenvalue weighted by molar-refractivity contribution is 6.58. The lowest BCUT2D eigenvalue weighted by molar-refractivity contribution is 0.0681. The van der Waals surface area contributed by atoms with E-state index in [1.807, 2.05) is 24.5 Å². The summed E-state index contributed by atoms with van der Waals surface area (Å²) >= 11 is 0. The van der Waals surface area contributed by atoms with Crippen LogP contribution in [0.15, 0.2) is 30.9 Å². The Morgan fingerprint density at radius 1 is 1.16 bits per heavy atom. The number of H-pyrrole nitrogens is 1. The van der Waals surface area contributed by atoms with Crippen LogP contribution in [0.3, 0.4) is 0 Å². The van der Waals surface area contributed by atoms with Crippen LogP contribution in [0.5, 0.6) is 5.88 Å². The number of ether oxygens (including phenoxy) is 2.